The molecule has 0 unspecified atom stereocenters. The van der Waals surface area contributed by atoms with Crippen molar-refractivity contribution >= 4 is 39.2 Å². The Bertz CT molecular complexity index is 857. The van der Waals surface area contributed by atoms with Crippen LogP contribution in [0.25, 0.3) is 10.2 Å². The molecule has 0 spiro atoms. The first kappa shape index (κ1) is 16.9. The lowest BCUT2D eigenvalue weighted by Crippen LogP contribution is -2.32. The molecule has 7 heteroatoms. The van der Waals surface area contributed by atoms with Gasteiger partial charge >= 0.3 is 6.09 Å². The van der Waals surface area contributed by atoms with Crippen LogP contribution in [0.15, 0.2) is 48.5 Å². The van der Waals surface area contributed by atoms with Crippen LogP contribution in [-0.4, -0.2) is 30.6 Å². The zero-order valence-corrected chi connectivity index (χ0v) is 14.4. The van der Waals surface area contributed by atoms with Gasteiger partial charge in [0.1, 0.15) is 6.54 Å². The highest BCUT2D eigenvalue weighted by molar-refractivity contribution is 7.18. The number of rotatable bonds is 5. The lowest BCUT2D eigenvalue weighted by atomic mass is 10.1. The van der Waals surface area contributed by atoms with Crippen LogP contribution in [0.2, 0.25) is 0 Å². The SMILES string of the molecule is COC(=O)NCC(=O)Nc1ccc(Cc2nc3ccccc3s2)cc1. The Balaban J connectivity index is 1.58. The topological polar surface area (TPSA) is 80.3 Å². The molecular weight excluding hydrogens is 338 g/mol. The van der Waals surface area contributed by atoms with Gasteiger partial charge in [-0.1, -0.05) is 24.3 Å². The molecule has 0 radical (unpaired) electrons. The highest BCUT2D eigenvalue weighted by atomic mass is 32.1. The monoisotopic (exact) mass is 355 g/mol. The van der Waals surface area contributed by atoms with Gasteiger partial charge in [-0.15, -0.1) is 11.3 Å². The lowest BCUT2D eigenvalue weighted by Gasteiger charge is -2.07. The number of hydrogen-bond acceptors (Lipinski definition) is 5. The first-order valence-corrected chi connectivity index (χ1v) is 8.51. The van der Waals surface area contributed by atoms with Crippen molar-refractivity contribution in [1.29, 1.82) is 0 Å². The van der Waals surface area contributed by atoms with Crippen LogP contribution in [0.3, 0.4) is 0 Å². The second kappa shape index (κ2) is 7.76. The lowest BCUT2D eigenvalue weighted by molar-refractivity contribution is -0.115. The molecule has 0 atom stereocenters. The van der Waals surface area contributed by atoms with E-state index in [1.807, 2.05) is 42.5 Å². The average molecular weight is 355 g/mol. The largest absolute Gasteiger partial charge is 0.453 e. The number of para-hydroxylation sites is 1. The van der Waals surface area contributed by atoms with Crippen molar-refractivity contribution in [3.05, 3.63) is 59.1 Å². The molecule has 3 rings (SSSR count). The summed E-state index contributed by atoms with van der Waals surface area (Å²) in [5.41, 5.74) is 2.80. The van der Waals surface area contributed by atoms with Crippen LogP contribution in [0, 0.1) is 0 Å². The molecule has 1 aromatic heterocycles. The molecule has 2 aromatic carbocycles. The predicted molar refractivity (Wildman–Crippen MR) is 97.9 cm³/mol. The molecule has 25 heavy (non-hydrogen) atoms. The maximum absolute atomic E-state index is 11.7. The number of ether oxygens (including phenoxy) is 1. The molecule has 6 nitrogen and oxygen atoms in total. The van der Waals surface area contributed by atoms with E-state index in [0.29, 0.717) is 5.69 Å². The molecule has 2 amide bonds. The van der Waals surface area contributed by atoms with Crippen LogP contribution in [-0.2, 0) is 16.0 Å². The smallest absolute Gasteiger partial charge is 0.407 e. The quantitative estimate of drug-likeness (QED) is 0.737. The molecule has 3 aromatic rings. The van der Waals surface area contributed by atoms with E-state index in [1.54, 1.807) is 11.3 Å². The number of thiazole rings is 1. The third kappa shape index (κ3) is 4.54. The summed E-state index contributed by atoms with van der Waals surface area (Å²) in [7, 11) is 1.25. The summed E-state index contributed by atoms with van der Waals surface area (Å²) in [6.07, 6.45) is 0.110. The molecule has 128 valence electrons. The Labute approximate surface area is 148 Å². The normalized spacial score (nSPS) is 10.4. The zero-order chi connectivity index (χ0) is 17.6. The number of aromatic nitrogens is 1. The van der Waals surface area contributed by atoms with E-state index >= 15 is 0 Å². The number of fused-ring (bicyclic) bond motifs is 1. The van der Waals surface area contributed by atoms with Crippen molar-refractivity contribution in [2.45, 2.75) is 6.42 Å². The fourth-order valence-electron chi connectivity index (χ4n) is 2.31. The number of methoxy groups -OCH3 is 1. The van der Waals surface area contributed by atoms with Gasteiger partial charge in [0, 0.05) is 12.1 Å². The standard InChI is InChI=1S/C18H17N3O3S/c1-24-18(23)19-11-16(22)20-13-8-6-12(7-9-13)10-17-21-14-4-2-3-5-15(14)25-17/h2-9H,10-11H2,1H3,(H,19,23)(H,20,22). The van der Waals surface area contributed by atoms with E-state index in [-0.39, 0.29) is 12.5 Å². The molecule has 0 fully saturated rings. The van der Waals surface area contributed by atoms with E-state index in [2.05, 4.69) is 26.4 Å². The molecule has 1 heterocycles. The first-order chi connectivity index (χ1) is 12.1. The Morgan fingerprint density at radius 2 is 1.88 bits per heavy atom. The van der Waals surface area contributed by atoms with Crippen molar-refractivity contribution in [2.75, 3.05) is 19.0 Å². The van der Waals surface area contributed by atoms with Crippen LogP contribution >= 0.6 is 11.3 Å². The molecule has 0 saturated carbocycles. The predicted octanol–water partition coefficient (Wildman–Crippen LogP) is 3.18. The number of nitrogens with one attached hydrogen (secondary N) is 2. The van der Waals surface area contributed by atoms with Gasteiger partial charge in [0.05, 0.1) is 22.3 Å². The minimum Gasteiger partial charge on any atom is -0.453 e. The van der Waals surface area contributed by atoms with E-state index in [0.717, 1.165) is 22.5 Å². The van der Waals surface area contributed by atoms with Gasteiger partial charge in [0.15, 0.2) is 0 Å². The number of alkyl carbamates (subject to hydrolysis) is 1. The molecular formula is C18H17N3O3S. The summed E-state index contributed by atoms with van der Waals surface area (Å²) in [4.78, 5) is 27.3. The number of anilines is 1. The summed E-state index contributed by atoms with van der Waals surface area (Å²) >= 11 is 1.69. The molecule has 0 aliphatic heterocycles. The van der Waals surface area contributed by atoms with Crippen molar-refractivity contribution in [3.63, 3.8) is 0 Å². The van der Waals surface area contributed by atoms with Gasteiger partial charge in [-0.25, -0.2) is 9.78 Å². The number of amides is 2. The fourth-order valence-corrected chi connectivity index (χ4v) is 3.31. The molecule has 0 saturated heterocycles. The molecule has 0 bridgehead atoms. The van der Waals surface area contributed by atoms with Gasteiger partial charge in [-0.3, -0.25) is 4.79 Å². The van der Waals surface area contributed by atoms with E-state index in [1.165, 1.54) is 11.8 Å². The average Bonchev–Trinajstić information content (AvgIpc) is 3.03. The molecule has 0 aliphatic rings. The molecule has 2 N–H and O–H groups in total. The maximum Gasteiger partial charge on any atom is 0.407 e. The van der Waals surface area contributed by atoms with Crippen LogP contribution in [0.5, 0.6) is 0 Å². The number of carbonyl (C=O) groups excluding carboxylic acids is 2. The second-order valence-corrected chi connectivity index (χ2v) is 6.46. The number of hydrogen-bond donors (Lipinski definition) is 2. The first-order valence-electron chi connectivity index (χ1n) is 7.69. The fraction of sp³-hybridized carbons (Fsp3) is 0.167. The summed E-state index contributed by atoms with van der Waals surface area (Å²) in [6.45, 7) is -0.139. The van der Waals surface area contributed by atoms with Crippen LogP contribution < -0.4 is 10.6 Å². The number of nitrogens with zero attached hydrogens (tertiary/aromatic N) is 1. The van der Waals surface area contributed by atoms with Crippen molar-refractivity contribution < 1.29 is 14.3 Å². The van der Waals surface area contributed by atoms with Crippen LogP contribution in [0.1, 0.15) is 10.6 Å². The second-order valence-electron chi connectivity index (χ2n) is 5.34. The van der Waals surface area contributed by atoms with E-state index in [4.69, 9.17) is 0 Å². The van der Waals surface area contributed by atoms with Gasteiger partial charge in [0.25, 0.3) is 0 Å². The summed E-state index contributed by atoms with van der Waals surface area (Å²) < 4.78 is 5.59. The zero-order valence-electron chi connectivity index (χ0n) is 13.6. The van der Waals surface area contributed by atoms with E-state index < -0.39 is 6.09 Å². The highest BCUT2D eigenvalue weighted by Crippen LogP contribution is 2.24. The highest BCUT2D eigenvalue weighted by Gasteiger charge is 2.07. The van der Waals surface area contributed by atoms with E-state index in [9.17, 15) is 9.59 Å². The Kier molecular flexibility index (Phi) is 5.25. The van der Waals surface area contributed by atoms with Crippen molar-refractivity contribution in [3.8, 4) is 0 Å². The summed E-state index contributed by atoms with van der Waals surface area (Å²) in [5, 5.41) is 6.10. The third-order valence-electron chi connectivity index (χ3n) is 3.51. The Hall–Kier alpha value is -2.93. The number of benzene rings is 2. The van der Waals surface area contributed by atoms with Gasteiger partial charge in [0.2, 0.25) is 5.91 Å². The molecule has 0 aliphatic carbocycles. The third-order valence-corrected chi connectivity index (χ3v) is 4.55. The Morgan fingerprint density at radius 1 is 1.12 bits per heavy atom. The van der Waals surface area contributed by atoms with Gasteiger partial charge in [-0.2, -0.15) is 0 Å². The summed E-state index contributed by atoms with van der Waals surface area (Å²) in [6, 6.07) is 15.6. The summed E-state index contributed by atoms with van der Waals surface area (Å²) in [5.74, 6) is -0.315. The maximum atomic E-state index is 11.7. The van der Waals surface area contributed by atoms with Crippen molar-refractivity contribution in [2.24, 2.45) is 0 Å². The Morgan fingerprint density at radius 3 is 2.60 bits per heavy atom. The minimum absolute atomic E-state index is 0.139. The van der Waals surface area contributed by atoms with Crippen molar-refractivity contribution in [1.82, 2.24) is 10.3 Å². The van der Waals surface area contributed by atoms with Crippen LogP contribution in [0.4, 0.5) is 10.5 Å². The van der Waals surface area contributed by atoms with Gasteiger partial charge < -0.3 is 15.4 Å². The van der Waals surface area contributed by atoms with Gasteiger partial charge in [-0.05, 0) is 29.8 Å². The number of carbonyl (C=O) groups is 2. The minimum atomic E-state index is -0.638.